The standard InChI is InChI=1S/C17H25N3O/c1-11(2)14-8-6-7-9-16(14)21-17-15(10-12(3)18)13(4)19-20(17)5/h6-9,11-12H,10,18H2,1-5H3. The van der Waals surface area contributed by atoms with Crippen LogP contribution in [0.5, 0.6) is 11.6 Å². The van der Waals surface area contributed by atoms with Gasteiger partial charge in [-0.25, -0.2) is 4.68 Å². The second-order valence-corrected chi connectivity index (χ2v) is 5.97. The Hall–Kier alpha value is -1.81. The molecule has 1 unspecified atom stereocenters. The van der Waals surface area contributed by atoms with Gasteiger partial charge in [0.1, 0.15) is 5.75 Å². The topological polar surface area (TPSA) is 53.1 Å². The monoisotopic (exact) mass is 287 g/mol. The quantitative estimate of drug-likeness (QED) is 0.915. The maximum atomic E-state index is 6.20. The second kappa shape index (κ2) is 6.31. The van der Waals surface area contributed by atoms with Crippen LogP contribution in [0.1, 0.15) is 43.5 Å². The predicted octanol–water partition coefficient (Wildman–Crippen LogP) is 3.53. The van der Waals surface area contributed by atoms with Crippen LogP contribution in [0.25, 0.3) is 0 Å². The van der Waals surface area contributed by atoms with E-state index in [1.807, 2.05) is 39.1 Å². The maximum absolute atomic E-state index is 6.20. The number of para-hydroxylation sites is 1. The summed E-state index contributed by atoms with van der Waals surface area (Å²) in [6, 6.07) is 8.23. The number of rotatable bonds is 5. The first kappa shape index (κ1) is 15.6. The van der Waals surface area contributed by atoms with E-state index in [0.717, 1.165) is 29.3 Å². The molecular weight excluding hydrogens is 262 g/mol. The molecule has 1 aromatic heterocycles. The van der Waals surface area contributed by atoms with Gasteiger partial charge in [-0.05, 0) is 37.8 Å². The molecule has 0 aliphatic carbocycles. The van der Waals surface area contributed by atoms with Crippen molar-refractivity contribution in [3.8, 4) is 11.6 Å². The van der Waals surface area contributed by atoms with Gasteiger partial charge in [0.15, 0.2) is 0 Å². The smallest absolute Gasteiger partial charge is 0.221 e. The summed E-state index contributed by atoms with van der Waals surface area (Å²) >= 11 is 0. The molecule has 0 fully saturated rings. The summed E-state index contributed by atoms with van der Waals surface area (Å²) in [7, 11) is 1.91. The first-order chi connectivity index (χ1) is 9.90. The maximum Gasteiger partial charge on any atom is 0.221 e. The molecule has 1 aromatic carbocycles. The molecule has 0 amide bonds. The van der Waals surface area contributed by atoms with Crippen molar-refractivity contribution in [2.24, 2.45) is 12.8 Å². The van der Waals surface area contributed by atoms with E-state index >= 15 is 0 Å². The highest BCUT2D eigenvalue weighted by Crippen LogP contribution is 2.33. The Labute approximate surface area is 126 Å². The third-order valence-electron chi connectivity index (χ3n) is 3.56. The van der Waals surface area contributed by atoms with Crippen LogP contribution in [0.4, 0.5) is 0 Å². The minimum atomic E-state index is 0.0793. The average Bonchev–Trinajstić information content (AvgIpc) is 2.65. The Morgan fingerprint density at radius 3 is 2.52 bits per heavy atom. The van der Waals surface area contributed by atoms with Gasteiger partial charge in [0.2, 0.25) is 5.88 Å². The molecule has 1 heterocycles. The summed E-state index contributed by atoms with van der Waals surface area (Å²) in [6.45, 7) is 8.33. The predicted molar refractivity (Wildman–Crippen MR) is 85.9 cm³/mol. The largest absolute Gasteiger partial charge is 0.439 e. The molecule has 0 radical (unpaired) electrons. The van der Waals surface area contributed by atoms with E-state index in [-0.39, 0.29) is 6.04 Å². The lowest BCUT2D eigenvalue weighted by Gasteiger charge is -2.15. The zero-order valence-corrected chi connectivity index (χ0v) is 13.6. The molecule has 114 valence electrons. The third kappa shape index (κ3) is 3.45. The van der Waals surface area contributed by atoms with Gasteiger partial charge in [-0.15, -0.1) is 0 Å². The van der Waals surface area contributed by atoms with Crippen LogP contribution in [0.15, 0.2) is 24.3 Å². The molecule has 0 aliphatic heterocycles. The van der Waals surface area contributed by atoms with E-state index in [1.54, 1.807) is 4.68 Å². The number of nitrogens with two attached hydrogens (primary N) is 1. The van der Waals surface area contributed by atoms with Crippen LogP contribution in [-0.2, 0) is 13.5 Å². The van der Waals surface area contributed by atoms with Crippen molar-refractivity contribution >= 4 is 0 Å². The van der Waals surface area contributed by atoms with Crippen molar-refractivity contribution in [3.63, 3.8) is 0 Å². The summed E-state index contributed by atoms with van der Waals surface area (Å²) in [6.07, 6.45) is 0.763. The SMILES string of the molecule is Cc1nn(C)c(Oc2ccccc2C(C)C)c1CC(C)N. The number of nitrogens with zero attached hydrogens (tertiary/aromatic N) is 2. The molecule has 4 nitrogen and oxygen atoms in total. The number of aryl methyl sites for hydroxylation is 2. The molecular formula is C17H25N3O. The highest BCUT2D eigenvalue weighted by Gasteiger charge is 2.18. The van der Waals surface area contributed by atoms with Gasteiger partial charge in [0, 0.05) is 18.7 Å². The lowest BCUT2D eigenvalue weighted by atomic mass is 10.0. The van der Waals surface area contributed by atoms with Crippen molar-refractivity contribution in [3.05, 3.63) is 41.1 Å². The fraction of sp³-hybridized carbons (Fsp3) is 0.471. The van der Waals surface area contributed by atoms with Crippen molar-refractivity contribution < 1.29 is 4.74 Å². The molecule has 21 heavy (non-hydrogen) atoms. The van der Waals surface area contributed by atoms with Crippen LogP contribution in [0.3, 0.4) is 0 Å². The van der Waals surface area contributed by atoms with Crippen LogP contribution >= 0.6 is 0 Å². The Balaban J connectivity index is 2.40. The van der Waals surface area contributed by atoms with Crippen LogP contribution in [0.2, 0.25) is 0 Å². The molecule has 0 bridgehead atoms. The number of hydrogen-bond acceptors (Lipinski definition) is 3. The molecule has 0 spiro atoms. The summed E-state index contributed by atoms with van der Waals surface area (Å²) in [4.78, 5) is 0. The number of benzene rings is 1. The first-order valence-corrected chi connectivity index (χ1v) is 7.45. The van der Waals surface area contributed by atoms with Gasteiger partial charge in [-0.1, -0.05) is 32.0 Å². The van der Waals surface area contributed by atoms with Gasteiger partial charge in [0.05, 0.1) is 5.69 Å². The number of ether oxygens (including phenoxy) is 1. The molecule has 0 saturated heterocycles. The zero-order valence-electron chi connectivity index (χ0n) is 13.6. The molecule has 0 saturated carbocycles. The van der Waals surface area contributed by atoms with Crippen molar-refractivity contribution in [1.82, 2.24) is 9.78 Å². The summed E-state index contributed by atoms with van der Waals surface area (Å²) in [5.41, 5.74) is 9.22. The van der Waals surface area contributed by atoms with E-state index < -0.39 is 0 Å². The van der Waals surface area contributed by atoms with Crippen LogP contribution in [-0.4, -0.2) is 15.8 Å². The van der Waals surface area contributed by atoms with E-state index in [0.29, 0.717) is 5.92 Å². The Bertz CT molecular complexity index is 614. The highest BCUT2D eigenvalue weighted by molar-refractivity contribution is 5.41. The number of aromatic nitrogens is 2. The van der Waals surface area contributed by atoms with Crippen molar-refractivity contribution in [2.75, 3.05) is 0 Å². The molecule has 4 heteroatoms. The van der Waals surface area contributed by atoms with Crippen LogP contribution in [0, 0.1) is 6.92 Å². The Morgan fingerprint density at radius 2 is 1.90 bits per heavy atom. The van der Waals surface area contributed by atoms with Gasteiger partial charge in [-0.2, -0.15) is 5.10 Å². The third-order valence-corrected chi connectivity index (χ3v) is 3.56. The van der Waals surface area contributed by atoms with E-state index in [9.17, 15) is 0 Å². The van der Waals surface area contributed by atoms with Crippen molar-refractivity contribution in [2.45, 2.75) is 46.1 Å². The normalized spacial score (nSPS) is 12.7. The summed E-state index contributed by atoms with van der Waals surface area (Å²) in [5, 5.41) is 4.47. The molecule has 2 rings (SSSR count). The lowest BCUT2D eigenvalue weighted by molar-refractivity contribution is 0.418. The fourth-order valence-electron chi connectivity index (χ4n) is 2.52. The first-order valence-electron chi connectivity index (χ1n) is 7.45. The fourth-order valence-corrected chi connectivity index (χ4v) is 2.52. The molecule has 2 aromatic rings. The second-order valence-electron chi connectivity index (χ2n) is 5.97. The lowest BCUT2D eigenvalue weighted by Crippen LogP contribution is -2.18. The minimum Gasteiger partial charge on any atom is -0.439 e. The van der Waals surface area contributed by atoms with Gasteiger partial charge < -0.3 is 10.5 Å². The van der Waals surface area contributed by atoms with E-state index in [2.05, 4.69) is 25.0 Å². The van der Waals surface area contributed by atoms with Crippen LogP contribution < -0.4 is 10.5 Å². The molecule has 1 atom stereocenters. The van der Waals surface area contributed by atoms with Gasteiger partial charge >= 0.3 is 0 Å². The average molecular weight is 287 g/mol. The van der Waals surface area contributed by atoms with E-state index in [1.165, 1.54) is 5.56 Å². The Morgan fingerprint density at radius 1 is 1.24 bits per heavy atom. The highest BCUT2D eigenvalue weighted by atomic mass is 16.5. The minimum absolute atomic E-state index is 0.0793. The van der Waals surface area contributed by atoms with E-state index in [4.69, 9.17) is 10.5 Å². The van der Waals surface area contributed by atoms with Gasteiger partial charge in [-0.3, -0.25) is 0 Å². The zero-order chi connectivity index (χ0) is 15.6. The van der Waals surface area contributed by atoms with Crippen molar-refractivity contribution in [1.29, 1.82) is 0 Å². The summed E-state index contributed by atoms with van der Waals surface area (Å²) in [5.74, 6) is 2.09. The Kier molecular flexibility index (Phi) is 4.68. The summed E-state index contributed by atoms with van der Waals surface area (Å²) < 4.78 is 8.00. The van der Waals surface area contributed by atoms with Gasteiger partial charge in [0.25, 0.3) is 0 Å². The number of hydrogen-bond donors (Lipinski definition) is 1. The molecule has 2 N–H and O–H groups in total. The molecule has 0 aliphatic rings.